The van der Waals surface area contributed by atoms with Gasteiger partial charge in [0, 0.05) is 28.5 Å². The van der Waals surface area contributed by atoms with E-state index in [-0.39, 0.29) is 23.6 Å². The first-order chi connectivity index (χ1) is 17.6. The minimum atomic E-state index is -1.39. The Kier molecular flexibility index (Phi) is 4.40. The monoisotopic (exact) mass is 477 g/mol. The van der Waals surface area contributed by atoms with E-state index in [9.17, 15) is 14.4 Å². The molecule has 0 saturated carbocycles. The number of para-hydroxylation sites is 2. The van der Waals surface area contributed by atoms with Crippen molar-refractivity contribution in [3.8, 4) is 0 Å². The van der Waals surface area contributed by atoms with Crippen LogP contribution in [-0.4, -0.2) is 35.1 Å². The summed E-state index contributed by atoms with van der Waals surface area (Å²) in [5, 5.41) is 6.28. The van der Waals surface area contributed by atoms with E-state index in [2.05, 4.69) is 22.5 Å². The van der Waals surface area contributed by atoms with Crippen molar-refractivity contribution in [2.45, 2.75) is 43.2 Å². The predicted octanol–water partition coefficient (Wildman–Crippen LogP) is 4.26. The summed E-state index contributed by atoms with van der Waals surface area (Å²) in [5.41, 5.74) is 1.94. The zero-order valence-electron chi connectivity index (χ0n) is 20.1. The van der Waals surface area contributed by atoms with Gasteiger partial charge in [0.1, 0.15) is 11.0 Å². The molecule has 3 aromatic rings. The van der Waals surface area contributed by atoms with Gasteiger partial charge >= 0.3 is 0 Å². The Morgan fingerprint density at radius 2 is 1.67 bits per heavy atom. The molecule has 0 aromatic heterocycles. The molecule has 2 spiro atoms. The molecule has 0 radical (unpaired) electrons. The van der Waals surface area contributed by atoms with Gasteiger partial charge in [0.05, 0.1) is 5.92 Å². The fourth-order valence-corrected chi connectivity index (χ4v) is 7.74. The second-order valence-corrected chi connectivity index (χ2v) is 10.3. The number of rotatable bonds is 3. The van der Waals surface area contributed by atoms with Gasteiger partial charge in [-0.2, -0.15) is 0 Å². The number of nitrogens with zero attached hydrogens (tertiary/aromatic N) is 1. The molecule has 4 heterocycles. The molecular weight excluding hydrogens is 450 g/mol. The second-order valence-electron chi connectivity index (χ2n) is 10.3. The second kappa shape index (κ2) is 7.37. The normalized spacial score (nSPS) is 29.8. The standard InChI is InChI=1S/C30H27N3O3/c1-2-18-12-8-14-21-25(18)32-28(36)30(21)29(20-13-6-7-15-22(20)31-27(29)35)24(23-16-9-17-33(23)30)26(34)19-10-4-3-5-11-19/h3-8,10-15,23-24H,2,9,16-17H2,1H3,(H,31,35)(H,32,36)/t23-,24-,29-,30-/m0/s1. The first kappa shape index (κ1) is 21.5. The Balaban J connectivity index is 1.60. The molecule has 180 valence electrons. The quantitative estimate of drug-likeness (QED) is 0.553. The molecule has 2 amide bonds. The Labute approximate surface area is 209 Å². The Bertz CT molecular complexity index is 1450. The highest BCUT2D eigenvalue weighted by Gasteiger charge is 2.81. The highest BCUT2D eigenvalue weighted by atomic mass is 16.2. The third kappa shape index (κ3) is 2.29. The van der Waals surface area contributed by atoms with E-state index in [1.807, 2.05) is 72.8 Å². The number of ketones is 1. The summed E-state index contributed by atoms with van der Waals surface area (Å²) in [6.45, 7) is 2.72. The van der Waals surface area contributed by atoms with Crippen molar-refractivity contribution >= 4 is 29.0 Å². The van der Waals surface area contributed by atoms with Crippen LogP contribution in [0.3, 0.4) is 0 Å². The number of benzene rings is 3. The molecule has 3 aromatic carbocycles. The van der Waals surface area contributed by atoms with Gasteiger partial charge in [-0.1, -0.05) is 73.7 Å². The van der Waals surface area contributed by atoms with Crippen LogP contribution in [0.2, 0.25) is 0 Å². The molecule has 0 bridgehead atoms. The number of hydrogen-bond donors (Lipinski definition) is 2. The largest absolute Gasteiger partial charge is 0.325 e. The van der Waals surface area contributed by atoms with Crippen LogP contribution >= 0.6 is 0 Å². The lowest BCUT2D eigenvalue weighted by Gasteiger charge is -2.43. The summed E-state index contributed by atoms with van der Waals surface area (Å²) in [5.74, 6) is -1.25. The minimum absolute atomic E-state index is 0.0795. The smallest absolute Gasteiger partial charge is 0.251 e. The highest BCUT2D eigenvalue weighted by molar-refractivity contribution is 6.21. The van der Waals surface area contributed by atoms with Gasteiger partial charge in [0.25, 0.3) is 5.91 Å². The van der Waals surface area contributed by atoms with Crippen molar-refractivity contribution in [1.29, 1.82) is 0 Å². The number of fused-ring (bicyclic) bond motifs is 7. The fourth-order valence-electron chi connectivity index (χ4n) is 7.74. The molecule has 0 unspecified atom stereocenters. The maximum absolute atomic E-state index is 14.4. The number of aryl methyl sites for hydroxylation is 1. The SMILES string of the molecule is CCc1cccc2c1NC(=O)[C@@]21N2CCC[C@H]2[C@@H](C(=O)c2ccccc2)[C@@]12C(=O)Nc1ccccc12. The molecule has 4 aliphatic rings. The van der Waals surface area contributed by atoms with Gasteiger partial charge in [0.2, 0.25) is 5.91 Å². The summed E-state index contributed by atoms with van der Waals surface area (Å²) in [4.78, 5) is 45.5. The van der Waals surface area contributed by atoms with Crippen LogP contribution in [0, 0.1) is 5.92 Å². The van der Waals surface area contributed by atoms with Crippen molar-refractivity contribution in [2.24, 2.45) is 5.92 Å². The lowest BCUT2D eigenvalue weighted by atomic mass is 9.57. The van der Waals surface area contributed by atoms with Crippen LogP contribution < -0.4 is 10.6 Å². The van der Waals surface area contributed by atoms with Gasteiger partial charge in [-0.3, -0.25) is 19.3 Å². The van der Waals surface area contributed by atoms with Crippen molar-refractivity contribution < 1.29 is 14.4 Å². The van der Waals surface area contributed by atoms with Crippen molar-refractivity contribution in [3.63, 3.8) is 0 Å². The third-order valence-electron chi connectivity index (χ3n) is 8.94. The first-order valence-corrected chi connectivity index (χ1v) is 12.8. The molecule has 36 heavy (non-hydrogen) atoms. The summed E-state index contributed by atoms with van der Waals surface area (Å²) in [6, 6.07) is 22.6. The number of carbonyl (C=O) groups is 3. The van der Waals surface area contributed by atoms with E-state index < -0.39 is 16.9 Å². The molecule has 6 heteroatoms. The molecule has 4 atom stereocenters. The molecule has 0 aliphatic carbocycles. The number of anilines is 2. The Hall–Kier alpha value is -3.77. The van der Waals surface area contributed by atoms with Crippen molar-refractivity contribution in [1.82, 2.24) is 4.90 Å². The molecule has 2 fully saturated rings. The number of Topliss-reactive ketones (excluding diaryl/α,β-unsaturated/α-hetero) is 1. The lowest BCUT2D eigenvalue weighted by Crippen LogP contribution is -2.62. The van der Waals surface area contributed by atoms with E-state index >= 15 is 0 Å². The summed E-state index contributed by atoms with van der Waals surface area (Å²) < 4.78 is 0. The van der Waals surface area contributed by atoms with Crippen LogP contribution in [0.5, 0.6) is 0 Å². The van der Waals surface area contributed by atoms with Gasteiger partial charge in [-0.05, 0) is 43.0 Å². The maximum atomic E-state index is 14.4. The maximum Gasteiger partial charge on any atom is 0.251 e. The van der Waals surface area contributed by atoms with Gasteiger partial charge in [0.15, 0.2) is 5.78 Å². The lowest BCUT2D eigenvalue weighted by molar-refractivity contribution is -0.137. The topological polar surface area (TPSA) is 78.5 Å². The molecule has 2 saturated heterocycles. The van der Waals surface area contributed by atoms with Crippen LogP contribution in [0.25, 0.3) is 0 Å². The Morgan fingerprint density at radius 3 is 2.47 bits per heavy atom. The first-order valence-electron chi connectivity index (χ1n) is 12.8. The molecule has 6 nitrogen and oxygen atoms in total. The average Bonchev–Trinajstić information content (AvgIpc) is 3.62. The predicted molar refractivity (Wildman–Crippen MR) is 137 cm³/mol. The van der Waals surface area contributed by atoms with Gasteiger partial charge < -0.3 is 10.6 Å². The molecule has 2 N–H and O–H groups in total. The zero-order valence-corrected chi connectivity index (χ0v) is 20.1. The zero-order chi connectivity index (χ0) is 24.7. The van der Waals surface area contributed by atoms with Gasteiger partial charge in [-0.15, -0.1) is 0 Å². The van der Waals surface area contributed by atoms with Gasteiger partial charge in [-0.25, -0.2) is 0 Å². The van der Waals surface area contributed by atoms with E-state index in [0.717, 1.165) is 41.6 Å². The van der Waals surface area contributed by atoms with Crippen LogP contribution in [0.4, 0.5) is 11.4 Å². The summed E-state index contributed by atoms with van der Waals surface area (Å²) >= 11 is 0. The summed E-state index contributed by atoms with van der Waals surface area (Å²) in [6.07, 6.45) is 2.39. The minimum Gasteiger partial charge on any atom is -0.325 e. The van der Waals surface area contributed by atoms with E-state index in [1.54, 1.807) is 0 Å². The molecule has 7 rings (SSSR count). The molecular formula is C30H27N3O3. The number of nitrogens with one attached hydrogen (secondary N) is 2. The third-order valence-corrected chi connectivity index (χ3v) is 8.94. The molecule has 4 aliphatic heterocycles. The van der Waals surface area contributed by atoms with Crippen LogP contribution in [0.15, 0.2) is 72.8 Å². The number of carbonyl (C=O) groups excluding carboxylic acids is 3. The number of amides is 2. The van der Waals surface area contributed by atoms with E-state index in [4.69, 9.17) is 0 Å². The van der Waals surface area contributed by atoms with Crippen LogP contribution in [0.1, 0.15) is 46.8 Å². The average molecular weight is 478 g/mol. The van der Waals surface area contributed by atoms with E-state index in [0.29, 0.717) is 17.8 Å². The van der Waals surface area contributed by atoms with E-state index in [1.165, 1.54) is 0 Å². The highest BCUT2D eigenvalue weighted by Crippen LogP contribution is 2.68. The van der Waals surface area contributed by atoms with Crippen LogP contribution in [-0.2, 0) is 27.0 Å². The van der Waals surface area contributed by atoms with Crippen molar-refractivity contribution in [2.75, 3.05) is 17.2 Å². The fraction of sp³-hybridized carbons (Fsp3) is 0.300. The summed E-state index contributed by atoms with van der Waals surface area (Å²) in [7, 11) is 0. The number of hydrogen-bond acceptors (Lipinski definition) is 4. The van der Waals surface area contributed by atoms with Crippen molar-refractivity contribution in [3.05, 3.63) is 95.1 Å². The Morgan fingerprint density at radius 1 is 0.917 bits per heavy atom.